The highest BCUT2D eigenvalue weighted by atomic mass is 35.5. The van der Waals surface area contributed by atoms with Crippen molar-refractivity contribution in [2.75, 3.05) is 44.3 Å². The maximum Gasteiger partial charge on any atom is 0.242 e. The molecule has 2 fully saturated rings. The second-order valence-electron chi connectivity index (χ2n) is 6.38. The molecule has 1 amide bonds. The third-order valence-corrected chi connectivity index (χ3v) is 5.74. The van der Waals surface area contributed by atoms with Crippen LogP contribution in [0, 0.1) is 0 Å². The summed E-state index contributed by atoms with van der Waals surface area (Å²) >= 11 is 1.62. The first-order valence-corrected chi connectivity index (χ1v) is 9.14. The molecular formula is C16H23Cl2N5O2S. The van der Waals surface area contributed by atoms with E-state index in [-0.39, 0.29) is 30.7 Å². The molecule has 2 aliphatic rings. The van der Waals surface area contributed by atoms with Crippen LogP contribution in [0.4, 0.5) is 5.82 Å². The summed E-state index contributed by atoms with van der Waals surface area (Å²) in [6.07, 6.45) is 2.82. The van der Waals surface area contributed by atoms with Crippen LogP contribution in [0.25, 0.3) is 10.2 Å². The maximum atomic E-state index is 12.8. The van der Waals surface area contributed by atoms with Gasteiger partial charge in [-0.1, -0.05) is 0 Å². The van der Waals surface area contributed by atoms with Crippen LogP contribution >= 0.6 is 36.2 Å². The second kappa shape index (κ2) is 8.67. The van der Waals surface area contributed by atoms with Crippen LogP contribution in [-0.2, 0) is 9.53 Å². The summed E-state index contributed by atoms with van der Waals surface area (Å²) in [6.45, 7) is 4.02. The zero-order valence-corrected chi connectivity index (χ0v) is 16.7. The van der Waals surface area contributed by atoms with Gasteiger partial charge in [0.05, 0.1) is 10.9 Å². The van der Waals surface area contributed by atoms with E-state index in [0.717, 1.165) is 29.1 Å². The Morgan fingerprint density at radius 2 is 1.85 bits per heavy atom. The number of hydrogen-bond acceptors (Lipinski definition) is 7. The lowest BCUT2D eigenvalue weighted by Gasteiger charge is -2.41. The number of nitrogens with two attached hydrogens (primary N) is 1. The minimum Gasteiger partial charge on any atom is -0.381 e. The highest BCUT2D eigenvalue weighted by Gasteiger charge is 2.39. The molecule has 144 valence electrons. The fourth-order valence-electron chi connectivity index (χ4n) is 3.41. The summed E-state index contributed by atoms with van der Waals surface area (Å²) in [7, 11) is 0. The molecule has 7 nitrogen and oxygen atoms in total. The standard InChI is InChI=1S/C16H21N5O2S.2ClH/c17-16(2-8-23-9-3-16)15(22)21-6-4-20(5-7-21)13-12-1-10-24-14(12)19-11-18-13;;/h1,10-11H,2-9,17H2;2*1H. The Kier molecular flexibility index (Phi) is 7.04. The number of ether oxygens (including phenoxy) is 1. The van der Waals surface area contributed by atoms with Gasteiger partial charge in [-0.15, -0.1) is 36.2 Å². The molecule has 0 saturated carbocycles. The molecule has 26 heavy (non-hydrogen) atoms. The van der Waals surface area contributed by atoms with Crippen LogP contribution < -0.4 is 10.6 Å². The van der Waals surface area contributed by atoms with Gasteiger partial charge in [-0.05, 0) is 24.3 Å². The number of amides is 1. The first kappa shape index (κ1) is 21.1. The molecule has 4 heterocycles. The van der Waals surface area contributed by atoms with Gasteiger partial charge in [0.2, 0.25) is 5.91 Å². The smallest absolute Gasteiger partial charge is 0.242 e. The van der Waals surface area contributed by atoms with Gasteiger partial charge in [-0.3, -0.25) is 4.79 Å². The number of nitrogens with zero attached hydrogens (tertiary/aromatic N) is 4. The van der Waals surface area contributed by atoms with Crippen molar-refractivity contribution in [3.63, 3.8) is 0 Å². The number of aromatic nitrogens is 2. The molecule has 0 atom stereocenters. The van der Waals surface area contributed by atoms with Crippen LogP contribution in [0.3, 0.4) is 0 Å². The normalized spacial score (nSPS) is 19.6. The molecule has 2 N–H and O–H groups in total. The number of piperazine rings is 1. The van der Waals surface area contributed by atoms with Gasteiger partial charge in [-0.25, -0.2) is 9.97 Å². The fraction of sp³-hybridized carbons (Fsp3) is 0.562. The van der Waals surface area contributed by atoms with Crippen molar-refractivity contribution in [1.82, 2.24) is 14.9 Å². The largest absolute Gasteiger partial charge is 0.381 e. The van der Waals surface area contributed by atoms with Crippen LogP contribution in [0.1, 0.15) is 12.8 Å². The quantitative estimate of drug-likeness (QED) is 0.796. The molecule has 2 saturated heterocycles. The molecule has 0 aliphatic carbocycles. The topological polar surface area (TPSA) is 84.6 Å². The summed E-state index contributed by atoms with van der Waals surface area (Å²) in [5.74, 6) is 1.02. The number of anilines is 1. The van der Waals surface area contributed by atoms with Crippen LogP contribution in [0.5, 0.6) is 0 Å². The summed E-state index contributed by atoms with van der Waals surface area (Å²) in [6, 6.07) is 2.06. The predicted molar refractivity (Wildman–Crippen MR) is 108 cm³/mol. The van der Waals surface area contributed by atoms with E-state index in [1.54, 1.807) is 17.7 Å². The number of rotatable bonds is 2. The molecule has 10 heteroatoms. The number of thiophene rings is 1. The van der Waals surface area contributed by atoms with E-state index in [9.17, 15) is 4.79 Å². The molecule has 0 aromatic carbocycles. The average Bonchev–Trinajstić information content (AvgIpc) is 3.11. The summed E-state index contributed by atoms with van der Waals surface area (Å²) in [5.41, 5.74) is 5.58. The zero-order chi connectivity index (χ0) is 16.6. The predicted octanol–water partition coefficient (Wildman–Crippen LogP) is 1.69. The Morgan fingerprint density at radius 3 is 2.54 bits per heavy atom. The lowest BCUT2D eigenvalue weighted by atomic mass is 9.89. The molecule has 2 aliphatic heterocycles. The third kappa shape index (κ3) is 3.89. The molecule has 4 rings (SSSR count). The van der Waals surface area contributed by atoms with Crippen molar-refractivity contribution >= 4 is 58.1 Å². The highest BCUT2D eigenvalue weighted by molar-refractivity contribution is 7.16. The fourth-order valence-corrected chi connectivity index (χ4v) is 4.14. The van der Waals surface area contributed by atoms with Crippen molar-refractivity contribution in [3.8, 4) is 0 Å². The van der Waals surface area contributed by atoms with E-state index in [0.29, 0.717) is 39.1 Å². The van der Waals surface area contributed by atoms with E-state index in [2.05, 4.69) is 20.9 Å². The molecule has 0 spiro atoms. The molecule has 0 unspecified atom stereocenters. The van der Waals surface area contributed by atoms with Gasteiger partial charge in [0.15, 0.2) is 0 Å². The lowest BCUT2D eigenvalue weighted by molar-refractivity contribution is -0.140. The van der Waals surface area contributed by atoms with E-state index in [4.69, 9.17) is 10.5 Å². The molecule has 2 aromatic heterocycles. The van der Waals surface area contributed by atoms with E-state index in [1.165, 1.54) is 0 Å². The third-order valence-electron chi connectivity index (χ3n) is 4.92. The Bertz CT molecular complexity index is 745. The molecule has 0 bridgehead atoms. The van der Waals surface area contributed by atoms with Crippen molar-refractivity contribution in [2.24, 2.45) is 5.73 Å². The Labute approximate surface area is 168 Å². The highest BCUT2D eigenvalue weighted by Crippen LogP contribution is 2.28. The van der Waals surface area contributed by atoms with Gasteiger partial charge in [0.1, 0.15) is 17.0 Å². The van der Waals surface area contributed by atoms with Gasteiger partial charge >= 0.3 is 0 Å². The first-order valence-electron chi connectivity index (χ1n) is 8.26. The average molecular weight is 420 g/mol. The van der Waals surface area contributed by atoms with Gasteiger partial charge in [-0.2, -0.15) is 0 Å². The Hall–Kier alpha value is -1.19. The van der Waals surface area contributed by atoms with Crippen molar-refractivity contribution in [1.29, 1.82) is 0 Å². The summed E-state index contributed by atoms with van der Waals surface area (Å²) in [4.78, 5) is 26.7. The number of hydrogen-bond donors (Lipinski definition) is 1. The van der Waals surface area contributed by atoms with Crippen molar-refractivity contribution in [2.45, 2.75) is 18.4 Å². The monoisotopic (exact) mass is 419 g/mol. The van der Waals surface area contributed by atoms with E-state index < -0.39 is 5.54 Å². The lowest BCUT2D eigenvalue weighted by Crippen LogP contribution is -2.61. The van der Waals surface area contributed by atoms with Gasteiger partial charge < -0.3 is 20.3 Å². The minimum atomic E-state index is -0.754. The molecular weight excluding hydrogens is 397 g/mol. The number of carbonyl (C=O) groups is 1. The van der Waals surface area contributed by atoms with Crippen LogP contribution in [-0.4, -0.2) is 65.7 Å². The van der Waals surface area contributed by atoms with Crippen molar-refractivity contribution < 1.29 is 9.53 Å². The first-order chi connectivity index (χ1) is 11.7. The van der Waals surface area contributed by atoms with Crippen LogP contribution in [0.2, 0.25) is 0 Å². The number of fused-ring (bicyclic) bond motifs is 1. The summed E-state index contributed by atoms with van der Waals surface area (Å²) < 4.78 is 5.34. The Balaban J connectivity index is 0.00000121. The SMILES string of the molecule is Cl.Cl.NC1(C(=O)N2CCN(c3ncnc4sccc34)CC2)CCOCC1. The zero-order valence-electron chi connectivity index (χ0n) is 14.3. The van der Waals surface area contributed by atoms with E-state index in [1.807, 2.05) is 10.3 Å². The van der Waals surface area contributed by atoms with Gasteiger partial charge in [0.25, 0.3) is 0 Å². The van der Waals surface area contributed by atoms with Crippen LogP contribution in [0.15, 0.2) is 17.8 Å². The molecule has 2 aromatic rings. The summed E-state index contributed by atoms with van der Waals surface area (Å²) in [5, 5.41) is 3.12. The second-order valence-corrected chi connectivity index (χ2v) is 7.28. The van der Waals surface area contributed by atoms with Gasteiger partial charge in [0, 0.05) is 39.4 Å². The number of halogens is 2. The van der Waals surface area contributed by atoms with E-state index >= 15 is 0 Å². The molecule has 0 radical (unpaired) electrons. The number of carbonyl (C=O) groups excluding carboxylic acids is 1. The maximum absolute atomic E-state index is 12.8. The Morgan fingerprint density at radius 1 is 1.15 bits per heavy atom. The van der Waals surface area contributed by atoms with Crippen molar-refractivity contribution in [3.05, 3.63) is 17.8 Å². The minimum absolute atomic E-state index is 0.